The van der Waals surface area contributed by atoms with Gasteiger partial charge in [-0.1, -0.05) is 0 Å². The molecule has 6 nitrogen and oxygen atoms in total. The van der Waals surface area contributed by atoms with Crippen LogP contribution in [0.2, 0.25) is 0 Å². The largest absolute Gasteiger partial charge is 0.481 e. The Balaban J connectivity index is 2.85. The predicted molar refractivity (Wildman–Crippen MR) is 52.0 cm³/mol. The highest BCUT2D eigenvalue weighted by atomic mass is 16.4. The predicted octanol–water partition coefficient (Wildman–Crippen LogP) is 0.0720. The summed E-state index contributed by atoms with van der Waals surface area (Å²) in [6, 6.07) is 1.15. The summed E-state index contributed by atoms with van der Waals surface area (Å²) in [5, 5.41) is 15.2. The summed E-state index contributed by atoms with van der Waals surface area (Å²) < 4.78 is 1.55. The molecule has 1 rings (SSSR count). The number of nitrogens with one attached hydrogen (secondary N) is 1. The molecule has 0 aromatic carbocycles. The van der Waals surface area contributed by atoms with Gasteiger partial charge in [-0.2, -0.15) is 5.10 Å². The third-order valence-electron chi connectivity index (χ3n) is 1.97. The fraction of sp³-hybridized carbons (Fsp3) is 0.444. The number of carbonyl (C=O) groups is 2. The van der Waals surface area contributed by atoms with Gasteiger partial charge in [0.05, 0.1) is 18.2 Å². The van der Waals surface area contributed by atoms with Gasteiger partial charge in [-0.3, -0.25) is 14.3 Å². The minimum absolute atomic E-state index is 0.154. The fourth-order valence-electron chi connectivity index (χ4n) is 1.38. The minimum atomic E-state index is -0.963. The molecular formula is C9H13N3O3. The lowest BCUT2D eigenvalue weighted by Crippen LogP contribution is -2.29. The van der Waals surface area contributed by atoms with Crippen molar-refractivity contribution in [3.8, 4) is 0 Å². The molecule has 1 heterocycles. The Labute approximate surface area is 86.9 Å². The zero-order valence-electron chi connectivity index (χ0n) is 8.60. The van der Waals surface area contributed by atoms with Gasteiger partial charge in [0.15, 0.2) is 0 Å². The number of amides is 1. The van der Waals surface area contributed by atoms with Crippen molar-refractivity contribution >= 4 is 11.9 Å². The number of aromatic nitrogens is 2. The summed E-state index contributed by atoms with van der Waals surface area (Å²) in [6.07, 6.45) is 1.41. The lowest BCUT2D eigenvalue weighted by Gasteiger charge is -2.15. The maximum absolute atomic E-state index is 10.9. The van der Waals surface area contributed by atoms with E-state index in [1.54, 1.807) is 24.0 Å². The zero-order valence-corrected chi connectivity index (χ0v) is 8.60. The van der Waals surface area contributed by atoms with E-state index in [1.165, 1.54) is 6.92 Å². The van der Waals surface area contributed by atoms with Crippen molar-refractivity contribution < 1.29 is 14.7 Å². The van der Waals surface area contributed by atoms with Crippen molar-refractivity contribution in [2.75, 3.05) is 0 Å². The number of nitrogens with zero attached hydrogens (tertiary/aromatic N) is 2. The van der Waals surface area contributed by atoms with Gasteiger partial charge in [-0.15, -0.1) is 0 Å². The number of hydrogen-bond donors (Lipinski definition) is 2. The molecule has 0 aliphatic carbocycles. The molecule has 0 unspecified atom stereocenters. The molecule has 0 aliphatic heterocycles. The Morgan fingerprint density at radius 1 is 1.67 bits per heavy atom. The average Bonchev–Trinajstić information content (AvgIpc) is 2.48. The van der Waals surface area contributed by atoms with E-state index in [4.69, 9.17) is 5.11 Å². The Kier molecular flexibility index (Phi) is 3.43. The van der Waals surface area contributed by atoms with Crippen molar-refractivity contribution in [2.24, 2.45) is 7.05 Å². The number of hydrogen-bond acceptors (Lipinski definition) is 3. The van der Waals surface area contributed by atoms with Crippen LogP contribution >= 0.6 is 0 Å². The number of carbonyl (C=O) groups excluding carboxylic acids is 1. The zero-order chi connectivity index (χ0) is 11.4. The summed E-state index contributed by atoms with van der Waals surface area (Å²) in [7, 11) is 1.70. The first kappa shape index (κ1) is 11.2. The topological polar surface area (TPSA) is 84.2 Å². The molecule has 2 N–H and O–H groups in total. The van der Waals surface area contributed by atoms with Crippen LogP contribution in [0, 0.1) is 0 Å². The van der Waals surface area contributed by atoms with Crippen LogP contribution in [-0.4, -0.2) is 26.8 Å². The average molecular weight is 211 g/mol. The van der Waals surface area contributed by atoms with E-state index in [0.29, 0.717) is 5.69 Å². The van der Waals surface area contributed by atoms with Gasteiger partial charge in [-0.05, 0) is 6.07 Å². The molecule has 0 spiro atoms. The summed E-state index contributed by atoms with van der Waals surface area (Å²) in [4.78, 5) is 21.5. The molecule has 82 valence electrons. The number of aryl methyl sites for hydroxylation is 1. The van der Waals surface area contributed by atoms with Gasteiger partial charge >= 0.3 is 5.97 Å². The summed E-state index contributed by atoms with van der Waals surface area (Å²) in [5.74, 6) is -1.22. The first-order valence-electron chi connectivity index (χ1n) is 4.47. The van der Waals surface area contributed by atoms with Gasteiger partial charge in [0, 0.05) is 20.2 Å². The van der Waals surface area contributed by atoms with Crippen molar-refractivity contribution in [1.29, 1.82) is 0 Å². The van der Waals surface area contributed by atoms with E-state index in [1.807, 2.05) is 0 Å². The van der Waals surface area contributed by atoms with Crippen LogP contribution in [-0.2, 0) is 16.6 Å². The van der Waals surface area contributed by atoms with Gasteiger partial charge < -0.3 is 10.4 Å². The highest BCUT2D eigenvalue weighted by Crippen LogP contribution is 2.15. The Morgan fingerprint density at radius 2 is 2.33 bits per heavy atom. The van der Waals surface area contributed by atoms with Crippen LogP contribution < -0.4 is 5.32 Å². The Bertz CT molecular complexity index is 356. The second-order valence-corrected chi connectivity index (χ2v) is 3.23. The normalized spacial score (nSPS) is 12.1. The van der Waals surface area contributed by atoms with Crippen LogP contribution in [0.5, 0.6) is 0 Å². The molecule has 6 heteroatoms. The van der Waals surface area contributed by atoms with Gasteiger partial charge in [0.25, 0.3) is 0 Å². The summed E-state index contributed by atoms with van der Waals surface area (Å²) in [5.41, 5.74) is 0.674. The first-order chi connectivity index (χ1) is 7.00. The third kappa shape index (κ3) is 3.08. The smallest absolute Gasteiger partial charge is 0.305 e. The lowest BCUT2D eigenvalue weighted by molar-refractivity contribution is -0.137. The minimum Gasteiger partial charge on any atom is -0.481 e. The standard InChI is InChI=1S/C9H13N3O3/c1-6(13)11-7(5-9(14)15)8-3-4-10-12(8)2/h3-4,7H,5H2,1-2H3,(H,11,13)(H,14,15)/t7-/m1/s1. The molecule has 0 bridgehead atoms. The Hall–Kier alpha value is -1.85. The number of aliphatic carboxylic acids is 1. The monoisotopic (exact) mass is 211 g/mol. The van der Waals surface area contributed by atoms with Crippen LogP contribution in [0.1, 0.15) is 25.1 Å². The van der Waals surface area contributed by atoms with Crippen LogP contribution in [0.25, 0.3) is 0 Å². The van der Waals surface area contributed by atoms with E-state index in [-0.39, 0.29) is 12.3 Å². The molecule has 0 saturated heterocycles. The molecule has 15 heavy (non-hydrogen) atoms. The summed E-state index contributed by atoms with van der Waals surface area (Å²) in [6.45, 7) is 1.35. The third-order valence-corrected chi connectivity index (χ3v) is 1.97. The van der Waals surface area contributed by atoms with E-state index >= 15 is 0 Å². The molecule has 0 fully saturated rings. The highest BCUT2D eigenvalue weighted by molar-refractivity contribution is 5.75. The van der Waals surface area contributed by atoms with Crippen LogP contribution in [0.15, 0.2) is 12.3 Å². The highest BCUT2D eigenvalue weighted by Gasteiger charge is 2.19. The molecule has 1 amide bonds. The second kappa shape index (κ2) is 4.59. The van der Waals surface area contributed by atoms with Gasteiger partial charge in [0.2, 0.25) is 5.91 Å². The summed E-state index contributed by atoms with van der Waals surface area (Å²) >= 11 is 0. The SMILES string of the molecule is CC(=O)N[C@H](CC(=O)O)c1ccnn1C. The molecule has 0 saturated carbocycles. The molecule has 1 aromatic rings. The van der Waals surface area contributed by atoms with Crippen LogP contribution in [0.4, 0.5) is 0 Å². The molecule has 1 aromatic heterocycles. The maximum atomic E-state index is 10.9. The Morgan fingerprint density at radius 3 is 2.73 bits per heavy atom. The van der Waals surface area contributed by atoms with Crippen molar-refractivity contribution in [3.63, 3.8) is 0 Å². The van der Waals surface area contributed by atoms with E-state index in [9.17, 15) is 9.59 Å². The molecule has 1 atom stereocenters. The van der Waals surface area contributed by atoms with Crippen molar-refractivity contribution in [2.45, 2.75) is 19.4 Å². The maximum Gasteiger partial charge on any atom is 0.305 e. The van der Waals surface area contributed by atoms with Gasteiger partial charge in [0.1, 0.15) is 0 Å². The number of carboxylic acid groups (broad SMARTS) is 1. The number of rotatable bonds is 4. The van der Waals surface area contributed by atoms with Gasteiger partial charge in [-0.25, -0.2) is 0 Å². The molecular weight excluding hydrogens is 198 g/mol. The molecule has 0 aliphatic rings. The number of carboxylic acids is 1. The molecule has 0 radical (unpaired) electrons. The quantitative estimate of drug-likeness (QED) is 0.738. The fourth-order valence-corrected chi connectivity index (χ4v) is 1.38. The first-order valence-corrected chi connectivity index (χ1v) is 4.47. The van der Waals surface area contributed by atoms with Crippen molar-refractivity contribution in [3.05, 3.63) is 18.0 Å². The lowest BCUT2D eigenvalue weighted by atomic mass is 10.1. The van der Waals surface area contributed by atoms with Crippen LogP contribution in [0.3, 0.4) is 0 Å². The van der Waals surface area contributed by atoms with E-state index in [0.717, 1.165) is 0 Å². The van der Waals surface area contributed by atoms with Crippen molar-refractivity contribution in [1.82, 2.24) is 15.1 Å². The van der Waals surface area contributed by atoms with E-state index in [2.05, 4.69) is 10.4 Å². The second-order valence-electron chi connectivity index (χ2n) is 3.23. The van der Waals surface area contributed by atoms with E-state index < -0.39 is 12.0 Å².